The van der Waals surface area contributed by atoms with E-state index in [4.69, 9.17) is 24.9 Å². The second-order valence-corrected chi connectivity index (χ2v) is 29.1. The average Bonchev–Trinajstić information content (AvgIpc) is 1.55. The van der Waals surface area contributed by atoms with Crippen LogP contribution >= 0.6 is 0 Å². The Balaban J connectivity index is 0.000000135. The molecular formula is C103H65N11. The van der Waals surface area contributed by atoms with Gasteiger partial charge < -0.3 is 18.3 Å². The summed E-state index contributed by atoms with van der Waals surface area (Å²) in [7, 11) is 0. The van der Waals surface area contributed by atoms with Crippen molar-refractivity contribution in [1.29, 1.82) is 0 Å². The van der Waals surface area contributed by atoms with Gasteiger partial charge in [0.25, 0.3) is 0 Å². The zero-order valence-corrected chi connectivity index (χ0v) is 61.4. The van der Waals surface area contributed by atoms with E-state index in [-0.39, 0.29) is 0 Å². The van der Waals surface area contributed by atoms with Gasteiger partial charge in [-0.25, -0.2) is 15.0 Å². The molecule has 532 valence electrons. The third kappa shape index (κ3) is 10.1. The standard InChI is InChI=1S/C52H33N5.C51H32N6/c1-4-16-34(17-5-1)43-33-44(35-18-6-2-7-19-35)54-52(53-43)57-46-26-14-11-23-39(46)42-32-37(28-30-48(42)57)55-47-27-15-12-24-41(47)50-49(55)31-29-40-38-22-10-13-25-45(38)56(51(40)50)36-20-8-3-9-21-36;1-4-16-33(17-5-1)49-52-50(34-18-6-2-7-19-34)54-51(53-49)57-43-26-14-11-23-38(43)41-32-36(28-30-45(41)57)55-44-27-15-12-24-40(44)47-46(55)31-29-39-37-22-10-13-25-42(37)56(48(39)47)35-20-8-3-9-21-35/h1-33H;1-32H. The first-order chi connectivity index (χ1) is 56.6. The Morgan fingerprint density at radius 1 is 0.158 bits per heavy atom. The third-order valence-corrected chi connectivity index (χ3v) is 22.7. The molecule has 11 nitrogen and oxygen atoms in total. The van der Waals surface area contributed by atoms with Gasteiger partial charge in [0.2, 0.25) is 11.9 Å². The van der Waals surface area contributed by atoms with Crippen LogP contribution in [0.15, 0.2) is 394 Å². The molecule has 24 aromatic rings. The molecule has 0 atom stereocenters. The minimum Gasteiger partial charge on any atom is -0.309 e. The van der Waals surface area contributed by atoms with Crippen molar-refractivity contribution in [3.63, 3.8) is 0 Å². The zero-order valence-electron chi connectivity index (χ0n) is 61.4. The Morgan fingerprint density at radius 2 is 0.439 bits per heavy atom. The molecule has 8 aromatic heterocycles. The molecule has 0 aliphatic rings. The van der Waals surface area contributed by atoms with Crippen molar-refractivity contribution in [3.05, 3.63) is 394 Å². The van der Waals surface area contributed by atoms with Crippen molar-refractivity contribution in [2.45, 2.75) is 0 Å². The van der Waals surface area contributed by atoms with Gasteiger partial charge in [0.15, 0.2) is 11.6 Å². The number of benzene rings is 16. The van der Waals surface area contributed by atoms with Crippen LogP contribution in [0.3, 0.4) is 0 Å². The van der Waals surface area contributed by atoms with E-state index in [1.165, 1.54) is 70.7 Å². The number of nitrogens with zero attached hydrogens (tertiary/aromatic N) is 11. The first-order valence-corrected chi connectivity index (χ1v) is 38.6. The van der Waals surface area contributed by atoms with Crippen LogP contribution in [-0.2, 0) is 0 Å². The number of hydrogen-bond donors (Lipinski definition) is 0. The van der Waals surface area contributed by atoms with Crippen LogP contribution in [-0.4, -0.2) is 52.3 Å². The molecule has 0 unspecified atom stereocenters. The first kappa shape index (κ1) is 64.4. The van der Waals surface area contributed by atoms with Crippen LogP contribution in [0.2, 0.25) is 0 Å². The lowest BCUT2D eigenvalue weighted by atomic mass is 10.1. The van der Waals surface area contributed by atoms with Crippen LogP contribution in [0, 0.1) is 0 Å². The topological polar surface area (TPSA) is 94.0 Å². The monoisotopic (exact) mass is 1460 g/mol. The summed E-state index contributed by atoms with van der Waals surface area (Å²) in [6, 6.07) is 140. The minimum atomic E-state index is 0.578. The van der Waals surface area contributed by atoms with Crippen molar-refractivity contribution in [3.8, 4) is 79.9 Å². The fraction of sp³-hybridized carbons (Fsp3) is 0. The van der Waals surface area contributed by atoms with E-state index < -0.39 is 0 Å². The second-order valence-electron chi connectivity index (χ2n) is 29.1. The van der Waals surface area contributed by atoms with Crippen molar-refractivity contribution in [1.82, 2.24) is 52.3 Å². The molecule has 8 heterocycles. The lowest BCUT2D eigenvalue weighted by Crippen LogP contribution is -2.06. The molecule has 0 radical (unpaired) electrons. The Labute approximate surface area is 653 Å². The van der Waals surface area contributed by atoms with Gasteiger partial charge in [-0.3, -0.25) is 9.13 Å². The van der Waals surface area contributed by atoms with Crippen LogP contribution in [0.4, 0.5) is 0 Å². The maximum absolute atomic E-state index is 5.25. The SMILES string of the molecule is c1ccc(-c2cc(-c3ccccc3)nc(-n3c4ccccc4c4cc(-n5c6ccccc6c6c5ccc5c7ccccc7n(-c7ccccc7)c56)ccc43)n2)cc1.c1ccc(-c2nc(-c3ccccc3)nc(-n3c4ccccc4c4cc(-n5c6ccccc6c6c5ccc5c7ccccc7n(-c7ccccc7)c56)ccc43)n2)cc1. The van der Waals surface area contributed by atoms with Crippen LogP contribution in [0.1, 0.15) is 0 Å². The summed E-state index contributed by atoms with van der Waals surface area (Å²) in [5, 5.41) is 14.4. The predicted octanol–water partition coefficient (Wildman–Crippen LogP) is 25.6. The van der Waals surface area contributed by atoms with E-state index >= 15 is 0 Å². The third-order valence-electron chi connectivity index (χ3n) is 22.7. The molecule has 0 aliphatic heterocycles. The number of hydrogen-bond acceptors (Lipinski definition) is 5. The van der Waals surface area contributed by atoms with Crippen molar-refractivity contribution < 1.29 is 0 Å². The van der Waals surface area contributed by atoms with Crippen LogP contribution in [0.5, 0.6) is 0 Å². The van der Waals surface area contributed by atoms with E-state index in [0.717, 1.165) is 117 Å². The molecule has 0 amide bonds. The molecule has 0 bridgehead atoms. The molecule has 24 rings (SSSR count). The molecule has 0 spiro atoms. The second kappa shape index (κ2) is 26.1. The number of rotatable bonds is 10. The Hall–Kier alpha value is -15.6. The number of fused-ring (bicyclic) bond motifs is 20. The summed E-state index contributed by atoms with van der Waals surface area (Å²) in [6.45, 7) is 0. The highest BCUT2D eigenvalue weighted by molar-refractivity contribution is 6.28. The summed E-state index contributed by atoms with van der Waals surface area (Å²) in [4.78, 5) is 25.7. The van der Waals surface area contributed by atoms with E-state index in [1.54, 1.807) is 0 Å². The summed E-state index contributed by atoms with van der Waals surface area (Å²) in [6.07, 6.45) is 0. The van der Waals surface area contributed by atoms with Crippen molar-refractivity contribution in [2.75, 3.05) is 0 Å². The van der Waals surface area contributed by atoms with Crippen LogP contribution < -0.4 is 0 Å². The summed E-state index contributed by atoms with van der Waals surface area (Å²) in [5.41, 5.74) is 23.9. The van der Waals surface area contributed by atoms with Gasteiger partial charge in [0.1, 0.15) is 0 Å². The Bertz CT molecular complexity index is 7360. The highest BCUT2D eigenvalue weighted by Crippen LogP contribution is 2.46. The van der Waals surface area contributed by atoms with Gasteiger partial charge in [-0.15, -0.1) is 0 Å². The predicted molar refractivity (Wildman–Crippen MR) is 470 cm³/mol. The highest BCUT2D eigenvalue weighted by Gasteiger charge is 2.27. The smallest absolute Gasteiger partial charge is 0.238 e. The lowest BCUT2D eigenvalue weighted by molar-refractivity contribution is 0.953. The van der Waals surface area contributed by atoms with Gasteiger partial charge in [-0.2, -0.15) is 9.97 Å². The molecule has 0 saturated carbocycles. The van der Waals surface area contributed by atoms with Gasteiger partial charge in [0.05, 0.1) is 77.6 Å². The maximum atomic E-state index is 5.25. The molecule has 0 N–H and O–H groups in total. The van der Waals surface area contributed by atoms with Gasteiger partial charge in [0, 0.05) is 110 Å². The van der Waals surface area contributed by atoms with E-state index in [9.17, 15) is 0 Å². The average molecular weight is 1460 g/mol. The van der Waals surface area contributed by atoms with E-state index in [2.05, 4.69) is 349 Å². The Kier molecular flexibility index (Phi) is 14.7. The number of aromatic nitrogens is 11. The van der Waals surface area contributed by atoms with Crippen molar-refractivity contribution in [2.24, 2.45) is 0 Å². The summed E-state index contributed by atoms with van der Waals surface area (Å²) < 4.78 is 14.1. The fourth-order valence-electron chi connectivity index (χ4n) is 17.8. The summed E-state index contributed by atoms with van der Waals surface area (Å²) in [5.74, 6) is 2.48. The molecule has 0 aliphatic carbocycles. The fourth-order valence-corrected chi connectivity index (χ4v) is 17.8. The van der Waals surface area contributed by atoms with Gasteiger partial charge >= 0.3 is 0 Å². The minimum absolute atomic E-state index is 0.578. The molecule has 11 heteroatoms. The maximum Gasteiger partial charge on any atom is 0.238 e. The molecule has 16 aromatic carbocycles. The molecule has 0 fully saturated rings. The van der Waals surface area contributed by atoms with E-state index in [0.29, 0.717) is 23.5 Å². The molecule has 0 saturated heterocycles. The summed E-state index contributed by atoms with van der Waals surface area (Å²) >= 11 is 0. The van der Waals surface area contributed by atoms with E-state index in [1.807, 2.05) is 72.8 Å². The zero-order chi connectivity index (χ0) is 74.9. The first-order valence-electron chi connectivity index (χ1n) is 38.6. The van der Waals surface area contributed by atoms with Gasteiger partial charge in [-0.1, -0.05) is 279 Å². The van der Waals surface area contributed by atoms with Gasteiger partial charge in [-0.05, 0) is 115 Å². The van der Waals surface area contributed by atoms with Crippen LogP contribution in [0.25, 0.3) is 211 Å². The number of para-hydroxylation sites is 8. The largest absolute Gasteiger partial charge is 0.309 e. The van der Waals surface area contributed by atoms with Crippen molar-refractivity contribution >= 4 is 131 Å². The quantitative estimate of drug-likeness (QED) is 0.136. The molecule has 114 heavy (non-hydrogen) atoms. The normalized spacial score (nSPS) is 11.9. The Morgan fingerprint density at radius 3 is 0.816 bits per heavy atom. The lowest BCUT2D eigenvalue weighted by Gasteiger charge is -2.12. The molecular weight excluding hydrogens is 1390 g/mol. The highest BCUT2D eigenvalue weighted by atomic mass is 15.2.